The van der Waals surface area contributed by atoms with E-state index in [-0.39, 0.29) is 5.54 Å². The van der Waals surface area contributed by atoms with Crippen LogP contribution in [0.1, 0.15) is 31.7 Å². The summed E-state index contributed by atoms with van der Waals surface area (Å²) in [5.74, 6) is -0.192. The van der Waals surface area contributed by atoms with Gasteiger partial charge in [0.05, 0.1) is 0 Å². The van der Waals surface area contributed by atoms with Gasteiger partial charge in [-0.1, -0.05) is 6.07 Å². The molecule has 1 aliphatic carbocycles. The normalized spacial score (nSPS) is 28.4. The van der Waals surface area contributed by atoms with Crippen molar-refractivity contribution in [3.8, 4) is 0 Å². The molecule has 0 aromatic heterocycles. The van der Waals surface area contributed by atoms with E-state index < -0.39 is 11.6 Å². The molecule has 4 heteroatoms. The lowest BCUT2D eigenvalue weighted by Gasteiger charge is -2.34. The van der Waals surface area contributed by atoms with Crippen molar-refractivity contribution in [1.82, 2.24) is 10.2 Å². The van der Waals surface area contributed by atoms with Crippen LogP contribution < -0.4 is 5.32 Å². The second kappa shape index (κ2) is 5.41. The third kappa shape index (κ3) is 3.01. The van der Waals surface area contributed by atoms with E-state index in [0.717, 1.165) is 38.0 Å². The Balaban J connectivity index is 1.72. The molecule has 1 saturated heterocycles. The third-order valence-electron chi connectivity index (χ3n) is 4.62. The number of halogens is 2. The van der Waals surface area contributed by atoms with Crippen molar-refractivity contribution in [3.05, 3.63) is 35.4 Å². The first kappa shape index (κ1) is 14.0. The summed E-state index contributed by atoms with van der Waals surface area (Å²) < 4.78 is 26.8. The largest absolute Gasteiger partial charge is 0.310 e. The first-order chi connectivity index (χ1) is 9.57. The quantitative estimate of drug-likeness (QED) is 0.916. The molecule has 0 amide bonds. The monoisotopic (exact) mass is 280 g/mol. The van der Waals surface area contributed by atoms with Gasteiger partial charge in [0.15, 0.2) is 0 Å². The summed E-state index contributed by atoms with van der Waals surface area (Å²) in [6.07, 6.45) is 3.66. The van der Waals surface area contributed by atoms with Gasteiger partial charge in [0, 0.05) is 30.3 Å². The van der Waals surface area contributed by atoms with Gasteiger partial charge in [-0.05, 0) is 51.3 Å². The number of rotatable bonds is 3. The Bertz CT molecular complexity index is 487. The highest BCUT2D eigenvalue weighted by Crippen LogP contribution is 2.40. The van der Waals surface area contributed by atoms with E-state index in [4.69, 9.17) is 0 Å². The third-order valence-corrected chi connectivity index (χ3v) is 4.62. The fourth-order valence-electron chi connectivity index (χ4n) is 3.30. The van der Waals surface area contributed by atoms with Gasteiger partial charge in [-0.15, -0.1) is 0 Å². The maximum Gasteiger partial charge on any atom is 0.130 e. The molecule has 1 aromatic rings. The zero-order valence-electron chi connectivity index (χ0n) is 12.0. The lowest BCUT2D eigenvalue weighted by atomic mass is 9.95. The summed E-state index contributed by atoms with van der Waals surface area (Å²) in [4.78, 5) is 2.30. The van der Waals surface area contributed by atoms with Gasteiger partial charge in [0.1, 0.15) is 11.6 Å². The van der Waals surface area contributed by atoms with E-state index in [2.05, 4.69) is 17.1 Å². The Morgan fingerprint density at radius 2 is 2.15 bits per heavy atom. The van der Waals surface area contributed by atoms with Crippen LogP contribution in [0.25, 0.3) is 0 Å². The van der Waals surface area contributed by atoms with Crippen molar-refractivity contribution in [2.75, 3.05) is 19.6 Å². The number of hydrogen-bond donors (Lipinski definition) is 1. The molecule has 1 unspecified atom stereocenters. The Kier molecular flexibility index (Phi) is 3.78. The predicted octanol–water partition coefficient (Wildman–Crippen LogP) is 2.93. The van der Waals surface area contributed by atoms with Crippen molar-refractivity contribution < 1.29 is 8.78 Å². The topological polar surface area (TPSA) is 15.3 Å². The Hall–Kier alpha value is -1.00. The molecule has 2 aliphatic rings. The maximum atomic E-state index is 13.8. The Morgan fingerprint density at radius 3 is 2.85 bits per heavy atom. The second-order valence-electron chi connectivity index (χ2n) is 6.42. The van der Waals surface area contributed by atoms with Crippen LogP contribution in [0.2, 0.25) is 0 Å². The lowest BCUT2D eigenvalue weighted by molar-refractivity contribution is 0.193. The van der Waals surface area contributed by atoms with Crippen molar-refractivity contribution in [3.63, 3.8) is 0 Å². The van der Waals surface area contributed by atoms with Gasteiger partial charge in [-0.3, -0.25) is 4.90 Å². The summed E-state index contributed by atoms with van der Waals surface area (Å²) in [5.41, 5.74) is 0.735. The molecule has 1 heterocycles. The number of hydrogen-bond acceptors (Lipinski definition) is 2. The van der Waals surface area contributed by atoms with Crippen LogP contribution in [0.5, 0.6) is 0 Å². The summed E-state index contributed by atoms with van der Waals surface area (Å²) in [7, 11) is 0. The van der Waals surface area contributed by atoms with Crippen molar-refractivity contribution in [2.45, 2.75) is 38.3 Å². The smallest absolute Gasteiger partial charge is 0.130 e. The molecule has 2 nitrogen and oxygen atoms in total. The second-order valence-corrected chi connectivity index (χ2v) is 6.42. The molecular formula is C16H22F2N2. The zero-order chi connectivity index (χ0) is 14.2. The molecule has 0 spiro atoms. The maximum absolute atomic E-state index is 13.8. The minimum atomic E-state index is -0.508. The molecule has 1 aliphatic heterocycles. The number of nitrogens with one attached hydrogen (secondary N) is 1. The van der Waals surface area contributed by atoms with Crippen LogP contribution in [0.4, 0.5) is 8.78 Å². The number of nitrogens with zero attached hydrogens (tertiary/aromatic N) is 1. The van der Waals surface area contributed by atoms with E-state index in [0.29, 0.717) is 12.1 Å². The molecule has 1 N–H and O–H groups in total. The van der Waals surface area contributed by atoms with Gasteiger partial charge in [-0.25, -0.2) is 8.78 Å². The van der Waals surface area contributed by atoms with E-state index in [1.165, 1.54) is 18.9 Å². The molecule has 0 bridgehead atoms. The summed E-state index contributed by atoms with van der Waals surface area (Å²) in [6.45, 7) is 5.77. The van der Waals surface area contributed by atoms with Gasteiger partial charge >= 0.3 is 0 Å². The molecule has 1 saturated carbocycles. The molecule has 3 rings (SSSR count). The molecule has 20 heavy (non-hydrogen) atoms. The summed E-state index contributed by atoms with van der Waals surface area (Å²) in [6, 6.07) is 3.89. The van der Waals surface area contributed by atoms with Crippen LogP contribution in [0, 0.1) is 17.6 Å². The standard InChI is InChI=1S/C16H22F2N2/c1-16(13-4-5-13)11-20(8-2-7-19-16)10-12-3-6-14(17)9-15(12)18/h3,6,9,13,19H,2,4-5,7-8,10-11H2,1H3. The molecule has 0 radical (unpaired) electrons. The van der Waals surface area contributed by atoms with Crippen LogP contribution in [-0.4, -0.2) is 30.1 Å². The molecule has 110 valence electrons. The van der Waals surface area contributed by atoms with Crippen LogP contribution in [-0.2, 0) is 6.54 Å². The zero-order valence-corrected chi connectivity index (χ0v) is 12.0. The first-order valence-corrected chi connectivity index (χ1v) is 7.48. The van der Waals surface area contributed by atoms with E-state index in [1.54, 1.807) is 6.07 Å². The van der Waals surface area contributed by atoms with E-state index in [9.17, 15) is 8.78 Å². The van der Waals surface area contributed by atoms with Crippen molar-refractivity contribution in [2.24, 2.45) is 5.92 Å². The van der Waals surface area contributed by atoms with Crippen molar-refractivity contribution in [1.29, 1.82) is 0 Å². The predicted molar refractivity (Wildman–Crippen MR) is 75.4 cm³/mol. The molecule has 1 atom stereocenters. The fraction of sp³-hybridized carbons (Fsp3) is 0.625. The highest BCUT2D eigenvalue weighted by molar-refractivity contribution is 5.18. The Morgan fingerprint density at radius 1 is 1.35 bits per heavy atom. The minimum Gasteiger partial charge on any atom is -0.310 e. The van der Waals surface area contributed by atoms with E-state index in [1.807, 2.05) is 0 Å². The average molecular weight is 280 g/mol. The molecule has 2 fully saturated rings. The summed E-state index contributed by atoms with van der Waals surface area (Å²) in [5, 5.41) is 3.66. The lowest BCUT2D eigenvalue weighted by Crippen LogP contribution is -2.50. The van der Waals surface area contributed by atoms with Crippen LogP contribution in [0.15, 0.2) is 18.2 Å². The fourth-order valence-corrected chi connectivity index (χ4v) is 3.30. The van der Waals surface area contributed by atoms with Crippen LogP contribution >= 0.6 is 0 Å². The van der Waals surface area contributed by atoms with Gasteiger partial charge in [-0.2, -0.15) is 0 Å². The summed E-state index contributed by atoms with van der Waals surface area (Å²) >= 11 is 0. The highest BCUT2D eigenvalue weighted by atomic mass is 19.1. The van der Waals surface area contributed by atoms with Gasteiger partial charge in [0.25, 0.3) is 0 Å². The van der Waals surface area contributed by atoms with Gasteiger partial charge in [0.2, 0.25) is 0 Å². The van der Waals surface area contributed by atoms with Gasteiger partial charge < -0.3 is 5.32 Å². The molecular weight excluding hydrogens is 258 g/mol. The van der Waals surface area contributed by atoms with E-state index >= 15 is 0 Å². The highest BCUT2D eigenvalue weighted by Gasteiger charge is 2.42. The minimum absolute atomic E-state index is 0.146. The molecule has 1 aromatic carbocycles. The Labute approximate surface area is 119 Å². The first-order valence-electron chi connectivity index (χ1n) is 7.48. The van der Waals surface area contributed by atoms with Crippen LogP contribution in [0.3, 0.4) is 0 Å². The SMILES string of the molecule is CC1(C2CC2)CN(Cc2ccc(F)cc2F)CCCN1. The van der Waals surface area contributed by atoms with Crippen molar-refractivity contribution >= 4 is 0 Å². The number of benzene rings is 1. The average Bonchev–Trinajstić information content (AvgIpc) is 3.21.